The minimum Gasteiger partial charge on any atom is -0.439 e. The van der Waals surface area contributed by atoms with Crippen molar-refractivity contribution in [3.63, 3.8) is 0 Å². The molecule has 2 aromatic rings. The molecule has 0 saturated heterocycles. The second-order valence-corrected chi connectivity index (χ2v) is 5.43. The van der Waals surface area contributed by atoms with Crippen LogP contribution in [0.4, 0.5) is 5.82 Å². The topological polar surface area (TPSA) is 47.0 Å². The van der Waals surface area contributed by atoms with E-state index in [-0.39, 0.29) is 5.92 Å². The summed E-state index contributed by atoms with van der Waals surface area (Å²) >= 11 is 0. The highest BCUT2D eigenvalue weighted by Gasteiger charge is 2.10. The highest BCUT2D eigenvalue weighted by Crippen LogP contribution is 2.27. The zero-order valence-electron chi connectivity index (χ0n) is 13.4. The van der Waals surface area contributed by atoms with E-state index in [0.717, 1.165) is 29.5 Å². The molecule has 1 N–H and O–H groups in total. The first-order valence-corrected chi connectivity index (χ1v) is 7.38. The lowest BCUT2D eigenvalue weighted by atomic mass is 10.1. The molecular formula is C17H23N3O. The molecule has 1 aromatic heterocycles. The van der Waals surface area contributed by atoms with Gasteiger partial charge in [0.15, 0.2) is 0 Å². The summed E-state index contributed by atoms with van der Waals surface area (Å²) in [6, 6.07) is 7.88. The van der Waals surface area contributed by atoms with E-state index in [2.05, 4.69) is 49.0 Å². The van der Waals surface area contributed by atoms with Gasteiger partial charge in [0.05, 0.1) is 0 Å². The number of nitrogens with zero attached hydrogens (tertiary/aromatic N) is 2. The Bertz CT molecular complexity index is 623. The molecule has 0 spiro atoms. The molecule has 112 valence electrons. The van der Waals surface area contributed by atoms with Gasteiger partial charge in [-0.25, -0.2) is 4.98 Å². The normalized spacial score (nSPS) is 10.8. The largest absolute Gasteiger partial charge is 0.439 e. The standard InChI is InChI=1S/C17H23N3O/c1-6-18-15-10-16(20-17(19-15)11(2)3)21-14-9-7-8-12(4)13(14)5/h7-11H,6H2,1-5H3,(H,18,19,20). The third kappa shape index (κ3) is 3.72. The minimum atomic E-state index is 0.254. The fourth-order valence-electron chi connectivity index (χ4n) is 1.97. The molecule has 0 saturated carbocycles. The van der Waals surface area contributed by atoms with Crippen LogP contribution in [-0.2, 0) is 0 Å². The molecule has 0 amide bonds. The Labute approximate surface area is 126 Å². The molecule has 2 rings (SSSR count). The molecule has 0 bridgehead atoms. The first kappa shape index (κ1) is 15.3. The lowest BCUT2D eigenvalue weighted by Crippen LogP contribution is -2.06. The van der Waals surface area contributed by atoms with Gasteiger partial charge in [-0.15, -0.1) is 0 Å². The molecule has 0 aliphatic heterocycles. The average molecular weight is 285 g/mol. The number of aromatic nitrogens is 2. The smallest absolute Gasteiger partial charge is 0.224 e. The number of benzene rings is 1. The monoisotopic (exact) mass is 285 g/mol. The van der Waals surface area contributed by atoms with Crippen molar-refractivity contribution in [3.8, 4) is 11.6 Å². The number of anilines is 1. The van der Waals surface area contributed by atoms with Gasteiger partial charge in [-0.05, 0) is 38.0 Å². The summed E-state index contributed by atoms with van der Waals surface area (Å²) < 4.78 is 5.98. The highest BCUT2D eigenvalue weighted by molar-refractivity contribution is 5.43. The molecule has 0 radical (unpaired) electrons. The van der Waals surface area contributed by atoms with E-state index in [9.17, 15) is 0 Å². The highest BCUT2D eigenvalue weighted by atomic mass is 16.5. The Morgan fingerprint density at radius 3 is 2.62 bits per heavy atom. The summed E-state index contributed by atoms with van der Waals surface area (Å²) in [7, 11) is 0. The van der Waals surface area contributed by atoms with E-state index in [0.29, 0.717) is 5.88 Å². The van der Waals surface area contributed by atoms with Crippen LogP contribution in [-0.4, -0.2) is 16.5 Å². The van der Waals surface area contributed by atoms with Gasteiger partial charge in [-0.3, -0.25) is 0 Å². The maximum absolute atomic E-state index is 5.98. The van der Waals surface area contributed by atoms with Gasteiger partial charge in [0.1, 0.15) is 17.4 Å². The molecule has 4 nitrogen and oxygen atoms in total. The van der Waals surface area contributed by atoms with E-state index in [4.69, 9.17) is 4.74 Å². The number of ether oxygens (including phenoxy) is 1. The maximum Gasteiger partial charge on any atom is 0.224 e. The second kappa shape index (κ2) is 6.57. The zero-order chi connectivity index (χ0) is 15.4. The number of hydrogen-bond acceptors (Lipinski definition) is 4. The summed E-state index contributed by atoms with van der Waals surface area (Å²) in [5.74, 6) is 3.26. The third-order valence-electron chi connectivity index (χ3n) is 3.36. The van der Waals surface area contributed by atoms with Gasteiger partial charge in [0.25, 0.3) is 0 Å². The predicted molar refractivity (Wildman–Crippen MR) is 86.3 cm³/mol. The number of aryl methyl sites for hydroxylation is 1. The lowest BCUT2D eigenvalue weighted by Gasteiger charge is -2.13. The van der Waals surface area contributed by atoms with E-state index in [1.54, 1.807) is 0 Å². The summed E-state index contributed by atoms with van der Waals surface area (Å²) in [5.41, 5.74) is 2.34. The van der Waals surface area contributed by atoms with Gasteiger partial charge in [0, 0.05) is 18.5 Å². The molecule has 4 heteroatoms. The maximum atomic E-state index is 5.98. The Kier molecular flexibility index (Phi) is 4.78. The fraction of sp³-hybridized carbons (Fsp3) is 0.412. The third-order valence-corrected chi connectivity index (χ3v) is 3.36. The van der Waals surface area contributed by atoms with Crippen molar-refractivity contribution in [1.29, 1.82) is 0 Å². The molecule has 1 heterocycles. The Hall–Kier alpha value is -2.10. The molecule has 0 atom stereocenters. The number of rotatable bonds is 5. The molecule has 0 aliphatic carbocycles. The van der Waals surface area contributed by atoms with Crippen molar-refractivity contribution >= 4 is 5.82 Å². The van der Waals surface area contributed by atoms with Crippen LogP contribution in [0.2, 0.25) is 0 Å². The van der Waals surface area contributed by atoms with Gasteiger partial charge >= 0.3 is 0 Å². The van der Waals surface area contributed by atoms with Crippen LogP contribution in [0.1, 0.15) is 43.6 Å². The molecular weight excluding hydrogens is 262 g/mol. The van der Waals surface area contributed by atoms with Crippen molar-refractivity contribution in [2.75, 3.05) is 11.9 Å². The Balaban J connectivity index is 2.36. The fourth-order valence-corrected chi connectivity index (χ4v) is 1.97. The molecule has 0 aliphatic rings. The van der Waals surface area contributed by atoms with Crippen molar-refractivity contribution in [2.24, 2.45) is 0 Å². The van der Waals surface area contributed by atoms with Gasteiger partial charge in [0.2, 0.25) is 5.88 Å². The summed E-state index contributed by atoms with van der Waals surface area (Å²) in [5, 5.41) is 3.22. The SMILES string of the molecule is CCNc1cc(Oc2cccc(C)c2C)nc(C(C)C)n1. The zero-order valence-corrected chi connectivity index (χ0v) is 13.4. The van der Waals surface area contributed by atoms with Crippen LogP contribution < -0.4 is 10.1 Å². The lowest BCUT2D eigenvalue weighted by molar-refractivity contribution is 0.453. The predicted octanol–water partition coefficient (Wildman–Crippen LogP) is 4.44. The molecule has 0 unspecified atom stereocenters. The quantitative estimate of drug-likeness (QED) is 0.882. The van der Waals surface area contributed by atoms with Crippen LogP contribution in [0.3, 0.4) is 0 Å². The summed E-state index contributed by atoms with van der Waals surface area (Å²) in [6.45, 7) is 11.1. The Morgan fingerprint density at radius 1 is 1.19 bits per heavy atom. The number of hydrogen-bond donors (Lipinski definition) is 1. The summed E-state index contributed by atoms with van der Waals surface area (Å²) in [4.78, 5) is 9.01. The van der Waals surface area contributed by atoms with Crippen molar-refractivity contribution < 1.29 is 4.74 Å². The van der Waals surface area contributed by atoms with E-state index in [1.165, 1.54) is 5.56 Å². The van der Waals surface area contributed by atoms with Crippen LogP contribution in [0, 0.1) is 13.8 Å². The first-order chi connectivity index (χ1) is 10.0. The second-order valence-electron chi connectivity index (χ2n) is 5.43. The van der Waals surface area contributed by atoms with E-state index in [1.807, 2.05) is 25.1 Å². The van der Waals surface area contributed by atoms with E-state index < -0.39 is 0 Å². The van der Waals surface area contributed by atoms with Gasteiger partial charge in [-0.2, -0.15) is 4.98 Å². The Morgan fingerprint density at radius 2 is 1.95 bits per heavy atom. The molecule has 0 fully saturated rings. The van der Waals surface area contributed by atoms with Crippen LogP contribution in [0.15, 0.2) is 24.3 Å². The minimum absolute atomic E-state index is 0.254. The van der Waals surface area contributed by atoms with E-state index >= 15 is 0 Å². The van der Waals surface area contributed by atoms with Crippen molar-refractivity contribution in [2.45, 2.75) is 40.5 Å². The van der Waals surface area contributed by atoms with Gasteiger partial charge < -0.3 is 10.1 Å². The molecule has 1 aromatic carbocycles. The van der Waals surface area contributed by atoms with Crippen molar-refractivity contribution in [1.82, 2.24) is 9.97 Å². The van der Waals surface area contributed by atoms with Gasteiger partial charge in [-0.1, -0.05) is 26.0 Å². The average Bonchev–Trinajstić information content (AvgIpc) is 2.44. The van der Waals surface area contributed by atoms with Crippen LogP contribution in [0.25, 0.3) is 0 Å². The summed E-state index contributed by atoms with van der Waals surface area (Å²) in [6.07, 6.45) is 0. The van der Waals surface area contributed by atoms with Crippen LogP contribution >= 0.6 is 0 Å². The van der Waals surface area contributed by atoms with Crippen LogP contribution in [0.5, 0.6) is 11.6 Å². The van der Waals surface area contributed by atoms with Crippen molar-refractivity contribution in [3.05, 3.63) is 41.2 Å². The first-order valence-electron chi connectivity index (χ1n) is 7.38. The molecule has 21 heavy (non-hydrogen) atoms. The number of nitrogens with one attached hydrogen (secondary N) is 1.